The lowest BCUT2D eigenvalue weighted by Crippen LogP contribution is -1.96. The lowest BCUT2D eigenvalue weighted by Gasteiger charge is -2.10. The van der Waals surface area contributed by atoms with E-state index in [1.807, 2.05) is 19.1 Å². The fourth-order valence-electron chi connectivity index (χ4n) is 1.44. The molecule has 18 heavy (non-hydrogen) atoms. The zero-order chi connectivity index (χ0) is 13.1. The minimum atomic E-state index is 0.615. The number of pyridine rings is 1. The molecule has 1 aromatic heterocycles. The fraction of sp³-hybridized carbons (Fsp3) is 0.0769. The summed E-state index contributed by atoms with van der Waals surface area (Å²) in [5, 5.41) is 12.0. The van der Waals surface area contributed by atoms with Crippen molar-refractivity contribution in [2.24, 2.45) is 0 Å². The third kappa shape index (κ3) is 2.71. The zero-order valence-electron chi connectivity index (χ0n) is 9.54. The third-order valence-electron chi connectivity index (χ3n) is 2.43. The average Bonchev–Trinajstić information content (AvgIpc) is 2.37. The molecule has 0 unspecified atom stereocenters. The second-order valence-corrected chi connectivity index (χ2v) is 5.37. The number of rotatable bonds is 2. The van der Waals surface area contributed by atoms with Crippen LogP contribution in [0.3, 0.4) is 0 Å². The number of nitrogens with zero attached hydrogens (tertiary/aromatic N) is 2. The monoisotopic (exact) mass is 365 g/mol. The molecule has 0 aliphatic heterocycles. The first-order valence-corrected chi connectivity index (χ1v) is 6.78. The molecule has 3 nitrogen and oxygen atoms in total. The van der Waals surface area contributed by atoms with Gasteiger partial charge < -0.3 is 5.32 Å². The molecule has 2 aromatic rings. The number of nitrogens with one attached hydrogen (secondary N) is 1. The highest BCUT2D eigenvalue weighted by Crippen LogP contribution is 2.30. The van der Waals surface area contributed by atoms with E-state index in [1.165, 1.54) is 0 Å². The summed E-state index contributed by atoms with van der Waals surface area (Å²) < 4.78 is 1.76. The summed E-state index contributed by atoms with van der Waals surface area (Å²) in [4.78, 5) is 4.27. The number of anilines is 2. The van der Waals surface area contributed by atoms with Gasteiger partial charge in [-0.3, -0.25) is 0 Å². The van der Waals surface area contributed by atoms with Crippen LogP contribution >= 0.6 is 31.9 Å². The van der Waals surface area contributed by atoms with Gasteiger partial charge in [-0.2, -0.15) is 5.26 Å². The van der Waals surface area contributed by atoms with Gasteiger partial charge in [-0.05, 0) is 68.6 Å². The normalized spacial score (nSPS) is 9.89. The number of benzene rings is 1. The van der Waals surface area contributed by atoms with Crippen LogP contribution in [0.25, 0.3) is 0 Å². The van der Waals surface area contributed by atoms with E-state index in [0.29, 0.717) is 5.56 Å². The Hall–Kier alpha value is -1.38. The van der Waals surface area contributed by atoms with Gasteiger partial charge in [0.1, 0.15) is 5.82 Å². The zero-order valence-corrected chi connectivity index (χ0v) is 12.7. The number of halogens is 2. The van der Waals surface area contributed by atoms with E-state index in [9.17, 15) is 0 Å². The lowest BCUT2D eigenvalue weighted by molar-refractivity contribution is 1.25. The van der Waals surface area contributed by atoms with Crippen LogP contribution < -0.4 is 5.32 Å². The molecule has 0 aliphatic rings. The minimum Gasteiger partial charge on any atom is -0.338 e. The Morgan fingerprint density at radius 2 is 2.06 bits per heavy atom. The van der Waals surface area contributed by atoms with Gasteiger partial charge >= 0.3 is 0 Å². The van der Waals surface area contributed by atoms with Crippen LogP contribution in [0.5, 0.6) is 0 Å². The fourth-order valence-corrected chi connectivity index (χ4v) is 2.25. The van der Waals surface area contributed by atoms with Gasteiger partial charge in [0.15, 0.2) is 0 Å². The van der Waals surface area contributed by atoms with Crippen LogP contribution in [-0.2, 0) is 0 Å². The van der Waals surface area contributed by atoms with E-state index in [-0.39, 0.29) is 0 Å². The van der Waals surface area contributed by atoms with Gasteiger partial charge in [0.25, 0.3) is 0 Å². The molecule has 0 saturated carbocycles. The summed E-state index contributed by atoms with van der Waals surface area (Å²) in [7, 11) is 0. The Kier molecular flexibility index (Phi) is 4.00. The predicted octanol–water partition coefficient (Wildman–Crippen LogP) is 4.53. The van der Waals surface area contributed by atoms with Gasteiger partial charge in [0.2, 0.25) is 0 Å². The maximum Gasteiger partial charge on any atom is 0.144 e. The molecule has 0 saturated heterocycles. The van der Waals surface area contributed by atoms with Crippen LogP contribution in [0.15, 0.2) is 39.4 Å². The Labute approximate surface area is 122 Å². The van der Waals surface area contributed by atoms with Gasteiger partial charge in [0, 0.05) is 10.7 Å². The lowest BCUT2D eigenvalue weighted by atomic mass is 10.2. The summed E-state index contributed by atoms with van der Waals surface area (Å²) in [5.41, 5.74) is 2.59. The van der Waals surface area contributed by atoms with Crippen LogP contribution in [0.4, 0.5) is 11.5 Å². The molecule has 0 fully saturated rings. The molecular formula is C13H9Br2N3. The number of aromatic nitrogens is 1. The van der Waals surface area contributed by atoms with Gasteiger partial charge in [-0.25, -0.2) is 4.98 Å². The molecule has 0 spiro atoms. The maximum atomic E-state index is 8.81. The molecule has 1 aromatic carbocycles. The summed E-state index contributed by atoms with van der Waals surface area (Å²) >= 11 is 6.93. The molecule has 5 heteroatoms. The van der Waals surface area contributed by atoms with Crippen molar-refractivity contribution in [3.05, 3.63) is 50.5 Å². The molecule has 0 amide bonds. The Morgan fingerprint density at radius 1 is 1.28 bits per heavy atom. The van der Waals surface area contributed by atoms with Gasteiger partial charge in [-0.1, -0.05) is 0 Å². The summed E-state index contributed by atoms with van der Waals surface area (Å²) in [5.74, 6) is 0.750. The van der Waals surface area contributed by atoms with Crippen LogP contribution in [-0.4, -0.2) is 4.98 Å². The number of hydrogen-bond donors (Lipinski definition) is 1. The summed E-state index contributed by atoms with van der Waals surface area (Å²) in [6.07, 6.45) is 1.75. The standard InChI is InChI=1S/C13H9Br2N3/c1-8-4-5-17-13(12(8)15)18-11-3-2-9(7-16)6-10(11)14/h2-6H,1H3,(H,17,18). The molecule has 0 atom stereocenters. The van der Waals surface area contributed by atoms with Crippen molar-refractivity contribution in [3.63, 3.8) is 0 Å². The van der Waals surface area contributed by atoms with E-state index in [4.69, 9.17) is 5.26 Å². The second kappa shape index (κ2) is 5.51. The highest BCUT2D eigenvalue weighted by Gasteiger charge is 2.07. The van der Waals surface area contributed by atoms with Crippen molar-refractivity contribution in [1.82, 2.24) is 4.98 Å². The highest BCUT2D eigenvalue weighted by molar-refractivity contribution is 9.11. The summed E-state index contributed by atoms with van der Waals surface area (Å²) in [6.45, 7) is 2.00. The van der Waals surface area contributed by atoms with Crippen LogP contribution in [0.2, 0.25) is 0 Å². The largest absolute Gasteiger partial charge is 0.338 e. The van der Waals surface area contributed by atoms with Gasteiger partial charge in [0.05, 0.1) is 21.8 Å². The molecule has 1 heterocycles. The van der Waals surface area contributed by atoms with Crippen LogP contribution in [0.1, 0.15) is 11.1 Å². The Balaban J connectivity index is 2.35. The topological polar surface area (TPSA) is 48.7 Å². The van der Waals surface area contributed by atoms with E-state index in [0.717, 1.165) is 26.0 Å². The number of nitriles is 1. The number of aryl methyl sites for hydroxylation is 1. The highest BCUT2D eigenvalue weighted by atomic mass is 79.9. The van der Waals surface area contributed by atoms with Crippen molar-refractivity contribution < 1.29 is 0 Å². The smallest absolute Gasteiger partial charge is 0.144 e. The van der Waals surface area contributed by atoms with Crippen molar-refractivity contribution >= 4 is 43.4 Å². The first kappa shape index (κ1) is 13.1. The minimum absolute atomic E-state index is 0.615. The van der Waals surface area contributed by atoms with Crippen LogP contribution in [0, 0.1) is 18.3 Å². The third-order valence-corrected chi connectivity index (χ3v) is 4.09. The molecular weight excluding hydrogens is 358 g/mol. The maximum absolute atomic E-state index is 8.81. The van der Waals surface area contributed by atoms with E-state index in [2.05, 4.69) is 48.2 Å². The molecule has 0 bridgehead atoms. The Morgan fingerprint density at radius 3 is 2.72 bits per heavy atom. The van der Waals surface area contributed by atoms with E-state index in [1.54, 1.807) is 18.3 Å². The summed E-state index contributed by atoms with van der Waals surface area (Å²) in [6, 6.07) is 9.41. The molecule has 90 valence electrons. The van der Waals surface area contributed by atoms with Crippen molar-refractivity contribution in [3.8, 4) is 6.07 Å². The molecule has 2 rings (SSSR count). The predicted molar refractivity (Wildman–Crippen MR) is 78.8 cm³/mol. The van der Waals surface area contributed by atoms with Crippen molar-refractivity contribution in [2.45, 2.75) is 6.92 Å². The van der Waals surface area contributed by atoms with E-state index < -0.39 is 0 Å². The quantitative estimate of drug-likeness (QED) is 0.849. The number of hydrogen-bond acceptors (Lipinski definition) is 3. The molecule has 0 aliphatic carbocycles. The van der Waals surface area contributed by atoms with Crippen molar-refractivity contribution in [2.75, 3.05) is 5.32 Å². The SMILES string of the molecule is Cc1ccnc(Nc2ccc(C#N)cc2Br)c1Br. The first-order valence-electron chi connectivity index (χ1n) is 5.19. The first-order chi connectivity index (χ1) is 8.61. The molecule has 1 N–H and O–H groups in total. The van der Waals surface area contributed by atoms with E-state index >= 15 is 0 Å². The average molecular weight is 367 g/mol. The second-order valence-electron chi connectivity index (χ2n) is 3.72. The van der Waals surface area contributed by atoms with Gasteiger partial charge in [-0.15, -0.1) is 0 Å². The van der Waals surface area contributed by atoms with Crippen molar-refractivity contribution in [1.29, 1.82) is 5.26 Å². The Bertz CT molecular complexity index is 633. The molecule has 0 radical (unpaired) electrons.